The molecule has 0 radical (unpaired) electrons. The summed E-state index contributed by atoms with van der Waals surface area (Å²) in [5, 5.41) is 10.1. The molecule has 1 fully saturated rings. The van der Waals surface area contributed by atoms with Gasteiger partial charge in [0.25, 0.3) is 0 Å². The molecule has 0 bridgehead atoms. The minimum atomic E-state index is -0.448. The Morgan fingerprint density at radius 1 is 1.50 bits per heavy atom. The Kier molecular flexibility index (Phi) is 5.23. The molecule has 2 rings (SSSR count). The topological polar surface area (TPSA) is 62.7 Å². The molecule has 1 heterocycles. The fraction of sp³-hybridized carbons (Fsp3) is 0.692. The number of ether oxygens (including phenoxy) is 1. The average molecular weight is 319 g/mol. The van der Waals surface area contributed by atoms with Gasteiger partial charge < -0.3 is 14.7 Å². The summed E-state index contributed by atoms with van der Waals surface area (Å²) in [6.45, 7) is 0.270. The van der Waals surface area contributed by atoms with Crippen molar-refractivity contribution in [3.63, 3.8) is 0 Å². The predicted molar refractivity (Wildman–Crippen MR) is 79.7 cm³/mol. The van der Waals surface area contributed by atoms with Crippen LogP contribution >= 0.6 is 22.9 Å². The third kappa shape index (κ3) is 3.24. The summed E-state index contributed by atoms with van der Waals surface area (Å²) in [5.74, 6) is -0.0266. The van der Waals surface area contributed by atoms with E-state index in [1.165, 1.54) is 18.4 Å². The molecule has 0 aromatic carbocycles. The molecule has 5 nitrogen and oxygen atoms in total. The molecule has 1 N–H and O–H groups in total. The molecule has 1 saturated carbocycles. The molecule has 0 unspecified atom stereocenters. The number of carbonyl (C=O) groups excluding carboxylic acids is 1. The van der Waals surface area contributed by atoms with Crippen molar-refractivity contribution < 1.29 is 14.6 Å². The van der Waals surface area contributed by atoms with Gasteiger partial charge in [0.2, 0.25) is 0 Å². The van der Waals surface area contributed by atoms with E-state index in [9.17, 15) is 4.79 Å². The molecule has 0 spiro atoms. The zero-order valence-corrected chi connectivity index (χ0v) is 13.2. The van der Waals surface area contributed by atoms with E-state index >= 15 is 0 Å². The summed E-state index contributed by atoms with van der Waals surface area (Å²) in [7, 11) is 3.30. The summed E-state index contributed by atoms with van der Waals surface area (Å²) in [6.07, 6.45) is 4.09. The lowest BCUT2D eigenvalue weighted by molar-refractivity contribution is 0.0606. The Labute approximate surface area is 127 Å². The third-order valence-corrected chi connectivity index (χ3v) is 5.38. The Bertz CT molecular complexity index is 472. The summed E-state index contributed by atoms with van der Waals surface area (Å²) >= 11 is 7.25. The van der Waals surface area contributed by atoms with E-state index in [-0.39, 0.29) is 11.8 Å². The summed E-state index contributed by atoms with van der Waals surface area (Å²) in [6, 6.07) is 0.380. The number of esters is 1. The molecular formula is C13H19ClN2O3S. The van der Waals surface area contributed by atoms with Gasteiger partial charge in [-0.25, -0.2) is 9.78 Å². The van der Waals surface area contributed by atoms with Crippen LogP contribution < -0.4 is 4.90 Å². The molecule has 1 aliphatic rings. The molecule has 1 aromatic rings. The van der Waals surface area contributed by atoms with Gasteiger partial charge in [-0.1, -0.05) is 22.9 Å². The highest BCUT2D eigenvalue weighted by Gasteiger charge is 2.27. The minimum Gasteiger partial charge on any atom is -0.465 e. The monoisotopic (exact) mass is 318 g/mol. The quantitative estimate of drug-likeness (QED) is 0.864. The Hall–Kier alpha value is -0.850. The maximum absolute atomic E-state index is 11.5. The highest BCUT2D eigenvalue weighted by Crippen LogP contribution is 2.34. The molecule has 1 aromatic heterocycles. The molecule has 1 aliphatic carbocycles. The van der Waals surface area contributed by atoms with Crippen molar-refractivity contribution >= 4 is 34.0 Å². The normalized spacial score (nSPS) is 22.6. The van der Waals surface area contributed by atoms with Crippen LogP contribution in [0, 0.1) is 5.92 Å². The molecule has 0 amide bonds. The first-order valence-electron chi connectivity index (χ1n) is 6.65. The maximum atomic E-state index is 11.5. The van der Waals surface area contributed by atoms with Crippen LogP contribution in [0.25, 0.3) is 0 Å². The van der Waals surface area contributed by atoms with Crippen molar-refractivity contribution in [2.75, 3.05) is 25.7 Å². The number of aliphatic hydroxyl groups is 1. The Morgan fingerprint density at radius 2 is 2.15 bits per heavy atom. The van der Waals surface area contributed by atoms with E-state index < -0.39 is 5.97 Å². The number of hydrogen-bond acceptors (Lipinski definition) is 6. The van der Waals surface area contributed by atoms with Gasteiger partial charge in [0.05, 0.1) is 7.11 Å². The maximum Gasteiger partial charge on any atom is 0.351 e. The Balaban J connectivity index is 2.06. The Morgan fingerprint density at radius 3 is 2.70 bits per heavy atom. The van der Waals surface area contributed by atoms with Gasteiger partial charge in [-0.2, -0.15) is 0 Å². The van der Waals surface area contributed by atoms with E-state index in [0.29, 0.717) is 16.8 Å². The number of hydrogen-bond donors (Lipinski definition) is 1. The van der Waals surface area contributed by atoms with Crippen molar-refractivity contribution in [2.24, 2.45) is 5.92 Å². The number of anilines is 1. The average Bonchev–Trinajstić information content (AvgIpc) is 2.87. The van der Waals surface area contributed by atoms with E-state index in [2.05, 4.69) is 14.6 Å². The molecular weight excluding hydrogens is 300 g/mol. The van der Waals surface area contributed by atoms with Crippen LogP contribution in [-0.4, -0.2) is 42.9 Å². The van der Waals surface area contributed by atoms with Crippen LogP contribution in [0.5, 0.6) is 0 Å². The van der Waals surface area contributed by atoms with Crippen LogP contribution in [0.3, 0.4) is 0 Å². The van der Waals surface area contributed by atoms with E-state index in [0.717, 1.165) is 30.8 Å². The van der Waals surface area contributed by atoms with Gasteiger partial charge in [0, 0.05) is 19.7 Å². The van der Waals surface area contributed by atoms with E-state index in [1.54, 1.807) is 0 Å². The predicted octanol–water partition coefficient (Wildman–Crippen LogP) is 2.57. The number of nitrogens with zero attached hydrogens (tertiary/aromatic N) is 2. The van der Waals surface area contributed by atoms with Crippen molar-refractivity contribution in [2.45, 2.75) is 31.7 Å². The number of rotatable bonds is 4. The first kappa shape index (κ1) is 15.5. The van der Waals surface area contributed by atoms with Crippen LogP contribution in [0.1, 0.15) is 35.4 Å². The lowest BCUT2D eigenvalue weighted by Gasteiger charge is -2.33. The highest BCUT2D eigenvalue weighted by molar-refractivity contribution is 7.18. The van der Waals surface area contributed by atoms with Crippen LogP contribution in [0.4, 0.5) is 5.13 Å². The molecule has 7 heteroatoms. The minimum absolute atomic E-state index is 0.202. The van der Waals surface area contributed by atoms with Crippen molar-refractivity contribution in [3.8, 4) is 0 Å². The van der Waals surface area contributed by atoms with Crippen molar-refractivity contribution in [1.29, 1.82) is 0 Å². The third-order valence-electron chi connectivity index (χ3n) is 3.87. The van der Waals surface area contributed by atoms with E-state index in [4.69, 9.17) is 16.7 Å². The smallest absolute Gasteiger partial charge is 0.351 e. The number of methoxy groups -OCH3 is 1. The lowest BCUT2D eigenvalue weighted by atomic mass is 9.86. The number of aromatic nitrogens is 1. The van der Waals surface area contributed by atoms with Gasteiger partial charge in [-0.3, -0.25) is 0 Å². The summed E-state index contributed by atoms with van der Waals surface area (Å²) in [5.41, 5.74) is 0. The molecule has 0 aliphatic heterocycles. The first-order chi connectivity index (χ1) is 9.56. The van der Waals surface area contributed by atoms with Crippen LogP contribution in [-0.2, 0) is 4.74 Å². The standard InChI is InChI=1S/C13H19ClN2O3S/c1-16(9-5-3-8(7-17)4-6-9)13-15-11(14)10(20-13)12(18)19-2/h8-9,17H,3-7H2,1-2H3. The van der Waals surface area contributed by atoms with Gasteiger partial charge in [0.15, 0.2) is 15.2 Å². The van der Waals surface area contributed by atoms with Gasteiger partial charge in [0.1, 0.15) is 0 Å². The van der Waals surface area contributed by atoms with Gasteiger partial charge in [-0.05, 0) is 31.6 Å². The zero-order valence-electron chi connectivity index (χ0n) is 11.6. The second-order valence-corrected chi connectivity index (χ2v) is 6.41. The molecule has 0 saturated heterocycles. The zero-order chi connectivity index (χ0) is 14.7. The number of carbonyl (C=O) groups is 1. The number of thiazole rings is 1. The second-order valence-electron chi connectivity index (χ2n) is 5.08. The van der Waals surface area contributed by atoms with Gasteiger partial charge >= 0.3 is 5.97 Å². The summed E-state index contributed by atoms with van der Waals surface area (Å²) < 4.78 is 4.69. The van der Waals surface area contributed by atoms with Gasteiger partial charge in [-0.15, -0.1) is 0 Å². The van der Waals surface area contributed by atoms with Crippen molar-refractivity contribution in [1.82, 2.24) is 4.98 Å². The number of aliphatic hydroxyl groups excluding tert-OH is 1. The molecule has 20 heavy (non-hydrogen) atoms. The highest BCUT2D eigenvalue weighted by atomic mass is 35.5. The fourth-order valence-electron chi connectivity index (χ4n) is 2.53. The largest absolute Gasteiger partial charge is 0.465 e. The van der Waals surface area contributed by atoms with Crippen LogP contribution in [0.15, 0.2) is 0 Å². The SMILES string of the molecule is COC(=O)c1sc(N(C)C2CCC(CO)CC2)nc1Cl. The second kappa shape index (κ2) is 6.74. The lowest BCUT2D eigenvalue weighted by Crippen LogP contribution is -2.35. The van der Waals surface area contributed by atoms with Crippen molar-refractivity contribution in [3.05, 3.63) is 10.0 Å². The first-order valence-corrected chi connectivity index (χ1v) is 7.84. The molecule has 112 valence electrons. The fourth-order valence-corrected chi connectivity index (χ4v) is 3.76. The van der Waals surface area contributed by atoms with Crippen LogP contribution in [0.2, 0.25) is 5.15 Å². The van der Waals surface area contributed by atoms with E-state index in [1.807, 2.05) is 7.05 Å². The summed E-state index contributed by atoms with van der Waals surface area (Å²) in [4.78, 5) is 18.2. The number of halogens is 1. The molecule has 0 atom stereocenters.